The van der Waals surface area contributed by atoms with E-state index in [1.165, 1.54) is 12.8 Å². The van der Waals surface area contributed by atoms with Crippen molar-refractivity contribution < 1.29 is 0 Å². The Balaban J connectivity index is 1.33. The van der Waals surface area contributed by atoms with E-state index < -0.39 is 0 Å². The molecule has 2 aliphatic rings. The molecule has 182 valence electrons. The molecule has 0 spiro atoms. The van der Waals surface area contributed by atoms with Gasteiger partial charge in [0.1, 0.15) is 11.4 Å². The van der Waals surface area contributed by atoms with Gasteiger partial charge in [-0.15, -0.1) is 0 Å². The van der Waals surface area contributed by atoms with E-state index in [2.05, 4.69) is 49.6 Å². The minimum Gasteiger partial charge on any atom is -0.397 e. The molecule has 0 bridgehead atoms. The van der Waals surface area contributed by atoms with Crippen LogP contribution in [0, 0.1) is 0 Å². The summed E-state index contributed by atoms with van der Waals surface area (Å²) in [7, 11) is 2.15. The number of anilines is 3. The van der Waals surface area contributed by atoms with E-state index in [1.807, 2.05) is 24.3 Å². The van der Waals surface area contributed by atoms with E-state index in [-0.39, 0.29) is 5.56 Å². The molecule has 0 radical (unpaired) electrons. The number of pyridine rings is 1. The molecule has 6 N–H and O–H groups in total. The molecule has 0 aliphatic carbocycles. The Morgan fingerprint density at radius 3 is 2.74 bits per heavy atom. The van der Waals surface area contributed by atoms with Gasteiger partial charge in [0.25, 0.3) is 5.56 Å². The molecule has 2 aromatic carbocycles. The van der Waals surface area contributed by atoms with Crippen LogP contribution in [0.2, 0.25) is 0 Å². The zero-order valence-corrected chi connectivity index (χ0v) is 20.0. The lowest BCUT2D eigenvalue weighted by Gasteiger charge is -2.34. The normalized spacial score (nSPS) is 19.1. The van der Waals surface area contributed by atoms with E-state index in [9.17, 15) is 4.79 Å². The molecule has 0 unspecified atom stereocenters. The number of fused-ring (bicyclic) bond motifs is 2. The van der Waals surface area contributed by atoms with Gasteiger partial charge >= 0.3 is 0 Å². The lowest BCUT2D eigenvalue weighted by atomic mass is 10.1. The number of imidazole rings is 1. The molecule has 2 aromatic heterocycles. The number of piperazine rings is 1. The first-order chi connectivity index (χ1) is 17.0. The van der Waals surface area contributed by atoms with Gasteiger partial charge < -0.3 is 36.1 Å². The smallest absolute Gasteiger partial charge is 0.261 e. The molecule has 4 aromatic rings. The maximum Gasteiger partial charge on any atom is 0.261 e. The Hall–Kier alpha value is -3.56. The van der Waals surface area contributed by atoms with Gasteiger partial charge in [-0.05, 0) is 62.8 Å². The van der Waals surface area contributed by atoms with Gasteiger partial charge in [-0.1, -0.05) is 0 Å². The number of hydrogen-bond donors (Lipinski definition) is 5. The number of nitrogens with two attached hydrogens (primary N) is 1. The number of likely N-dealkylation sites (N-methyl/N-ethyl adjacent to an activating group) is 1. The third-order valence-electron chi connectivity index (χ3n) is 7.34. The van der Waals surface area contributed by atoms with Crippen LogP contribution in [0.1, 0.15) is 12.8 Å². The average molecular weight is 473 g/mol. The molecule has 1 atom stereocenters. The van der Waals surface area contributed by atoms with E-state index in [0.717, 1.165) is 67.1 Å². The largest absolute Gasteiger partial charge is 0.397 e. The second-order valence-electron chi connectivity index (χ2n) is 9.75. The monoisotopic (exact) mass is 472 g/mol. The second kappa shape index (κ2) is 8.90. The average Bonchev–Trinajstić information content (AvgIpc) is 3.53. The van der Waals surface area contributed by atoms with Crippen LogP contribution < -0.4 is 26.8 Å². The summed E-state index contributed by atoms with van der Waals surface area (Å²) in [4.78, 5) is 28.8. The number of rotatable bonds is 5. The Kier molecular flexibility index (Phi) is 5.58. The van der Waals surface area contributed by atoms with Crippen molar-refractivity contribution in [3.8, 4) is 11.4 Å². The highest BCUT2D eigenvalue weighted by molar-refractivity contribution is 5.99. The molecule has 9 heteroatoms. The zero-order chi connectivity index (χ0) is 23.9. The van der Waals surface area contributed by atoms with Crippen LogP contribution in [0.25, 0.3) is 33.3 Å². The molecular formula is C26H32N8O. The van der Waals surface area contributed by atoms with Crippen molar-refractivity contribution in [2.75, 3.05) is 62.3 Å². The number of hydrogen-bond acceptors (Lipinski definition) is 7. The highest BCUT2D eigenvalue weighted by Crippen LogP contribution is 2.31. The van der Waals surface area contributed by atoms with Crippen LogP contribution in [-0.2, 0) is 0 Å². The van der Waals surface area contributed by atoms with Gasteiger partial charge in [0.15, 0.2) is 0 Å². The fraction of sp³-hybridized carbons (Fsp3) is 0.385. The highest BCUT2D eigenvalue weighted by Gasteiger charge is 2.19. The van der Waals surface area contributed by atoms with Gasteiger partial charge in [0.05, 0.1) is 22.2 Å². The third kappa shape index (κ3) is 4.21. The SMILES string of the molecule is CN1CCN(c2ccc3nc(-c4c(N)c5cc(NC[C@@H]6CCCN6)ccc5[nH]c4=O)[nH]c3c2)CC1. The predicted molar refractivity (Wildman–Crippen MR) is 143 cm³/mol. The number of nitrogen functional groups attached to an aromatic ring is 1. The van der Waals surface area contributed by atoms with Crippen molar-refractivity contribution >= 4 is 39.0 Å². The van der Waals surface area contributed by atoms with Crippen molar-refractivity contribution in [2.45, 2.75) is 18.9 Å². The van der Waals surface area contributed by atoms with Gasteiger partial charge in [-0.3, -0.25) is 4.79 Å². The molecule has 6 rings (SSSR count). The minimum absolute atomic E-state index is 0.246. The van der Waals surface area contributed by atoms with Crippen LogP contribution in [0.4, 0.5) is 17.1 Å². The number of benzene rings is 2. The first-order valence-corrected chi connectivity index (χ1v) is 12.4. The van der Waals surface area contributed by atoms with Gasteiger partial charge in [-0.2, -0.15) is 0 Å². The Labute approximate surface area is 203 Å². The molecule has 9 nitrogen and oxygen atoms in total. The molecule has 2 aliphatic heterocycles. The quantitative estimate of drug-likeness (QED) is 0.303. The predicted octanol–water partition coefficient (Wildman–Crippen LogP) is 2.57. The zero-order valence-electron chi connectivity index (χ0n) is 20.0. The molecule has 0 saturated carbocycles. The molecule has 2 fully saturated rings. The summed E-state index contributed by atoms with van der Waals surface area (Å²) < 4.78 is 0. The van der Waals surface area contributed by atoms with Crippen molar-refractivity contribution in [3.05, 3.63) is 46.8 Å². The number of aromatic amines is 2. The molecular weight excluding hydrogens is 440 g/mol. The van der Waals surface area contributed by atoms with Crippen LogP contribution in [0.5, 0.6) is 0 Å². The first kappa shape index (κ1) is 21.9. The van der Waals surface area contributed by atoms with Crippen LogP contribution in [0.3, 0.4) is 0 Å². The second-order valence-corrected chi connectivity index (χ2v) is 9.75. The van der Waals surface area contributed by atoms with E-state index >= 15 is 0 Å². The summed E-state index contributed by atoms with van der Waals surface area (Å²) in [5.41, 5.74) is 11.7. The van der Waals surface area contributed by atoms with Crippen LogP contribution in [0.15, 0.2) is 41.2 Å². The molecule has 35 heavy (non-hydrogen) atoms. The first-order valence-electron chi connectivity index (χ1n) is 12.4. The number of nitrogens with one attached hydrogen (secondary N) is 4. The van der Waals surface area contributed by atoms with Crippen molar-refractivity contribution in [1.82, 2.24) is 25.2 Å². The van der Waals surface area contributed by atoms with Gasteiger partial charge in [-0.25, -0.2) is 4.98 Å². The topological polar surface area (TPSA) is 118 Å². The summed E-state index contributed by atoms with van der Waals surface area (Å²) in [5, 5.41) is 7.81. The van der Waals surface area contributed by atoms with Crippen molar-refractivity contribution in [1.29, 1.82) is 0 Å². The van der Waals surface area contributed by atoms with Crippen molar-refractivity contribution in [2.24, 2.45) is 0 Å². The Morgan fingerprint density at radius 1 is 1.09 bits per heavy atom. The van der Waals surface area contributed by atoms with E-state index in [0.29, 0.717) is 28.6 Å². The maximum atomic E-state index is 13.0. The third-order valence-corrected chi connectivity index (χ3v) is 7.34. The van der Waals surface area contributed by atoms with E-state index in [1.54, 1.807) is 0 Å². The summed E-state index contributed by atoms with van der Waals surface area (Å²) in [6.07, 6.45) is 2.40. The lowest BCUT2D eigenvalue weighted by molar-refractivity contribution is 0.313. The Bertz CT molecular complexity index is 1430. The summed E-state index contributed by atoms with van der Waals surface area (Å²) >= 11 is 0. The fourth-order valence-corrected chi connectivity index (χ4v) is 5.21. The lowest BCUT2D eigenvalue weighted by Crippen LogP contribution is -2.44. The molecule has 2 saturated heterocycles. The van der Waals surface area contributed by atoms with Crippen LogP contribution >= 0.6 is 0 Å². The number of H-pyrrole nitrogens is 2. The Morgan fingerprint density at radius 2 is 1.94 bits per heavy atom. The van der Waals surface area contributed by atoms with Gasteiger partial charge in [0.2, 0.25) is 0 Å². The molecule has 0 amide bonds. The number of nitrogens with zero attached hydrogens (tertiary/aromatic N) is 3. The van der Waals surface area contributed by atoms with Gasteiger partial charge in [0, 0.05) is 55.5 Å². The summed E-state index contributed by atoms with van der Waals surface area (Å²) in [6.45, 7) is 6.02. The van der Waals surface area contributed by atoms with Crippen molar-refractivity contribution in [3.63, 3.8) is 0 Å². The number of aromatic nitrogens is 3. The highest BCUT2D eigenvalue weighted by atomic mass is 16.1. The fourth-order valence-electron chi connectivity index (χ4n) is 5.21. The van der Waals surface area contributed by atoms with E-state index in [4.69, 9.17) is 10.7 Å². The summed E-state index contributed by atoms with van der Waals surface area (Å²) in [6, 6.07) is 12.6. The maximum absolute atomic E-state index is 13.0. The van der Waals surface area contributed by atoms with Crippen LogP contribution in [-0.4, -0.2) is 72.2 Å². The molecule has 4 heterocycles. The minimum atomic E-state index is -0.246. The summed E-state index contributed by atoms with van der Waals surface area (Å²) in [5.74, 6) is 0.490. The standard InChI is InChI=1S/C26H32N8O/c1-33-9-11-34(12-10-33)18-5-7-21-22(14-18)31-25(30-21)23-24(27)19-13-16(4-6-20(19)32-26(23)35)29-15-17-3-2-8-28-17/h4-7,13-14,17,28-29H,2-3,8-12,15H2,1H3,(H,30,31)(H3,27,32,35)/t17-/m0/s1.